The highest BCUT2D eigenvalue weighted by Crippen LogP contribution is 2.21. The second-order valence-corrected chi connectivity index (χ2v) is 3.89. The van der Waals surface area contributed by atoms with Gasteiger partial charge in [-0.3, -0.25) is 0 Å². The summed E-state index contributed by atoms with van der Waals surface area (Å²) >= 11 is 0. The Morgan fingerprint density at radius 1 is 1.31 bits per heavy atom. The average Bonchev–Trinajstić information content (AvgIpc) is 2.47. The summed E-state index contributed by atoms with van der Waals surface area (Å²) in [7, 11) is -2.50. The van der Waals surface area contributed by atoms with E-state index in [9.17, 15) is 8.42 Å². The molecule has 4 heteroatoms. The SMILES string of the molecule is Cc1coc2ccc([SH](=O)=O)cc12. The molecule has 1 aromatic heterocycles. The van der Waals surface area contributed by atoms with Crippen LogP contribution in [-0.4, -0.2) is 8.42 Å². The van der Waals surface area contributed by atoms with Gasteiger partial charge >= 0.3 is 0 Å². The molecule has 1 aromatic carbocycles. The van der Waals surface area contributed by atoms with Crippen molar-refractivity contribution < 1.29 is 12.8 Å². The zero-order chi connectivity index (χ0) is 9.42. The first kappa shape index (κ1) is 8.31. The third-order valence-corrected chi connectivity index (χ3v) is 2.66. The van der Waals surface area contributed by atoms with Gasteiger partial charge in [0.15, 0.2) is 10.7 Å². The fourth-order valence-corrected chi connectivity index (χ4v) is 1.69. The largest absolute Gasteiger partial charge is 0.464 e. The van der Waals surface area contributed by atoms with Gasteiger partial charge in [-0.25, -0.2) is 8.42 Å². The Bertz CT molecular complexity index is 515. The smallest absolute Gasteiger partial charge is 0.168 e. The van der Waals surface area contributed by atoms with Gasteiger partial charge in [0, 0.05) is 5.39 Å². The van der Waals surface area contributed by atoms with E-state index in [2.05, 4.69) is 0 Å². The van der Waals surface area contributed by atoms with E-state index in [-0.39, 0.29) is 0 Å². The van der Waals surface area contributed by atoms with Gasteiger partial charge in [-0.2, -0.15) is 0 Å². The Hall–Kier alpha value is -1.29. The van der Waals surface area contributed by atoms with Crippen molar-refractivity contribution in [2.24, 2.45) is 0 Å². The van der Waals surface area contributed by atoms with Crippen molar-refractivity contribution in [3.63, 3.8) is 0 Å². The number of thiol groups is 1. The molecular weight excluding hydrogens is 188 g/mol. The van der Waals surface area contributed by atoms with Gasteiger partial charge < -0.3 is 4.42 Å². The van der Waals surface area contributed by atoms with E-state index in [1.54, 1.807) is 18.4 Å². The molecule has 2 rings (SSSR count). The number of aryl methyl sites for hydroxylation is 1. The summed E-state index contributed by atoms with van der Waals surface area (Å²) in [4.78, 5) is 0.326. The Kier molecular flexibility index (Phi) is 1.84. The third-order valence-electron chi connectivity index (χ3n) is 1.96. The summed E-state index contributed by atoms with van der Waals surface area (Å²) < 4.78 is 26.6. The van der Waals surface area contributed by atoms with Crippen LogP contribution >= 0.6 is 0 Å². The highest BCUT2D eigenvalue weighted by atomic mass is 32.2. The maximum Gasteiger partial charge on any atom is 0.168 e. The van der Waals surface area contributed by atoms with Crippen molar-refractivity contribution in [3.8, 4) is 0 Å². The predicted molar refractivity (Wildman–Crippen MR) is 49.5 cm³/mol. The number of benzene rings is 1. The minimum atomic E-state index is -2.50. The maximum atomic E-state index is 10.7. The number of furan rings is 1. The lowest BCUT2D eigenvalue weighted by Gasteiger charge is -1.91. The molecule has 0 aliphatic heterocycles. The van der Waals surface area contributed by atoms with E-state index in [0.717, 1.165) is 16.5 Å². The molecule has 0 fully saturated rings. The lowest BCUT2D eigenvalue weighted by atomic mass is 10.2. The van der Waals surface area contributed by atoms with E-state index in [1.807, 2.05) is 6.92 Å². The van der Waals surface area contributed by atoms with Gasteiger partial charge in [-0.05, 0) is 30.7 Å². The first-order valence-electron chi connectivity index (χ1n) is 3.81. The van der Waals surface area contributed by atoms with Crippen molar-refractivity contribution in [2.45, 2.75) is 11.8 Å². The molecule has 0 bridgehead atoms. The first-order valence-corrected chi connectivity index (χ1v) is 4.98. The highest BCUT2D eigenvalue weighted by molar-refractivity contribution is 7.72. The van der Waals surface area contributed by atoms with Gasteiger partial charge in [0.1, 0.15) is 5.58 Å². The lowest BCUT2D eigenvalue weighted by Crippen LogP contribution is -1.79. The zero-order valence-corrected chi connectivity index (χ0v) is 7.88. The van der Waals surface area contributed by atoms with Crippen LogP contribution in [0.5, 0.6) is 0 Å². The lowest BCUT2D eigenvalue weighted by molar-refractivity contribution is 0.611. The molecule has 13 heavy (non-hydrogen) atoms. The third kappa shape index (κ3) is 1.33. The minimum absolute atomic E-state index is 0.326. The fraction of sp³-hybridized carbons (Fsp3) is 0.111. The predicted octanol–water partition coefficient (Wildman–Crippen LogP) is 1.71. The molecule has 3 nitrogen and oxygen atoms in total. The van der Waals surface area contributed by atoms with Crippen LogP contribution in [0.25, 0.3) is 11.0 Å². The molecule has 0 radical (unpaired) electrons. The Morgan fingerprint density at radius 2 is 2.08 bits per heavy atom. The van der Waals surface area contributed by atoms with Crippen LogP contribution in [0.1, 0.15) is 5.56 Å². The summed E-state index contributed by atoms with van der Waals surface area (Å²) in [5, 5.41) is 0.858. The molecule has 0 atom stereocenters. The number of fused-ring (bicyclic) bond motifs is 1. The van der Waals surface area contributed by atoms with E-state index >= 15 is 0 Å². The molecule has 0 unspecified atom stereocenters. The van der Waals surface area contributed by atoms with Crippen molar-refractivity contribution in [2.75, 3.05) is 0 Å². The molecule has 0 aliphatic carbocycles. The minimum Gasteiger partial charge on any atom is -0.464 e. The highest BCUT2D eigenvalue weighted by Gasteiger charge is 2.03. The van der Waals surface area contributed by atoms with Crippen LogP contribution in [0.2, 0.25) is 0 Å². The molecule has 0 aliphatic rings. The topological polar surface area (TPSA) is 47.3 Å². The molecule has 68 valence electrons. The van der Waals surface area contributed by atoms with Gasteiger partial charge in [-0.15, -0.1) is 0 Å². The number of hydrogen-bond acceptors (Lipinski definition) is 3. The number of hydrogen-bond donors (Lipinski definition) is 1. The second kappa shape index (κ2) is 2.88. The van der Waals surface area contributed by atoms with Crippen molar-refractivity contribution in [3.05, 3.63) is 30.0 Å². The molecule has 0 N–H and O–H groups in total. The van der Waals surface area contributed by atoms with Gasteiger partial charge in [0.05, 0.1) is 11.2 Å². The monoisotopic (exact) mass is 196 g/mol. The molecule has 1 heterocycles. The molecule has 2 aromatic rings. The Balaban J connectivity index is 2.80. The quantitative estimate of drug-likeness (QED) is 0.706. The zero-order valence-electron chi connectivity index (χ0n) is 6.98. The van der Waals surface area contributed by atoms with Crippen LogP contribution < -0.4 is 0 Å². The van der Waals surface area contributed by atoms with Crippen LogP contribution in [0.4, 0.5) is 0 Å². The molecule has 0 spiro atoms. The van der Waals surface area contributed by atoms with Crippen molar-refractivity contribution in [1.29, 1.82) is 0 Å². The Morgan fingerprint density at radius 3 is 2.77 bits per heavy atom. The molecular formula is C9H8O3S. The van der Waals surface area contributed by atoms with Gasteiger partial charge in [-0.1, -0.05) is 0 Å². The van der Waals surface area contributed by atoms with Gasteiger partial charge in [0.2, 0.25) is 0 Å². The second-order valence-electron chi connectivity index (χ2n) is 2.86. The Labute approximate surface area is 76.9 Å². The van der Waals surface area contributed by atoms with Crippen LogP contribution in [0, 0.1) is 6.92 Å². The average molecular weight is 196 g/mol. The fourth-order valence-electron chi connectivity index (χ4n) is 1.26. The summed E-state index contributed by atoms with van der Waals surface area (Å²) in [5.74, 6) is 0. The van der Waals surface area contributed by atoms with E-state index in [0.29, 0.717) is 4.90 Å². The normalized spacial score (nSPS) is 11.2. The summed E-state index contributed by atoms with van der Waals surface area (Å²) in [6.07, 6.45) is 1.62. The van der Waals surface area contributed by atoms with Crippen molar-refractivity contribution >= 4 is 21.7 Å². The van der Waals surface area contributed by atoms with Crippen LogP contribution in [0.3, 0.4) is 0 Å². The number of rotatable bonds is 1. The van der Waals surface area contributed by atoms with E-state index in [1.165, 1.54) is 6.07 Å². The van der Waals surface area contributed by atoms with E-state index < -0.39 is 10.7 Å². The van der Waals surface area contributed by atoms with Crippen LogP contribution in [0.15, 0.2) is 33.8 Å². The van der Waals surface area contributed by atoms with E-state index in [4.69, 9.17) is 4.42 Å². The standard InChI is InChI=1S/C9H8O3S/c1-6-5-12-9-3-2-7(13(10)11)4-8(6)9/h2-5,13H,1H3. The maximum absolute atomic E-state index is 10.7. The molecule has 0 amide bonds. The first-order chi connectivity index (χ1) is 6.18. The summed E-state index contributed by atoms with van der Waals surface area (Å²) in [6.45, 7) is 1.88. The van der Waals surface area contributed by atoms with Crippen LogP contribution in [-0.2, 0) is 10.7 Å². The summed E-state index contributed by atoms with van der Waals surface area (Å²) in [5.41, 5.74) is 1.67. The summed E-state index contributed by atoms with van der Waals surface area (Å²) in [6, 6.07) is 4.83. The van der Waals surface area contributed by atoms with Crippen molar-refractivity contribution in [1.82, 2.24) is 0 Å². The van der Waals surface area contributed by atoms with Gasteiger partial charge in [0.25, 0.3) is 0 Å². The molecule has 0 saturated heterocycles. The molecule has 0 saturated carbocycles.